The van der Waals surface area contributed by atoms with Crippen LogP contribution in [0.4, 0.5) is 0 Å². The fourth-order valence-electron chi connectivity index (χ4n) is 0.550. The Morgan fingerprint density at radius 1 is 1.45 bits per heavy atom. The molecule has 0 fully saturated rings. The zero-order valence-corrected chi connectivity index (χ0v) is 10.9. The summed E-state index contributed by atoms with van der Waals surface area (Å²) in [5.41, 5.74) is 0. The summed E-state index contributed by atoms with van der Waals surface area (Å²) >= 11 is 9.15. The van der Waals surface area contributed by atoms with Gasteiger partial charge in [-0.15, -0.1) is 0 Å². The summed E-state index contributed by atoms with van der Waals surface area (Å²) in [6.45, 7) is 6.59. The molecule has 60 valence electrons. The van der Waals surface area contributed by atoms with E-state index in [1.807, 2.05) is 0 Å². The first-order valence-corrected chi connectivity index (χ1v) is 4.08. The molecule has 0 aliphatic carbocycles. The van der Waals surface area contributed by atoms with Crippen molar-refractivity contribution in [2.24, 2.45) is 0 Å². The molecule has 2 nitrogen and oxygen atoms in total. The zero-order chi connectivity index (χ0) is 7.98. The van der Waals surface area contributed by atoms with Crippen molar-refractivity contribution in [1.29, 1.82) is 0 Å². The van der Waals surface area contributed by atoms with Gasteiger partial charge >= 0.3 is 29.6 Å². The molecule has 0 unspecified atom stereocenters. The van der Waals surface area contributed by atoms with Crippen molar-refractivity contribution in [3.8, 4) is 0 Å². The Morgan fingerprint density at radius 3 is 2.18 bits per heavy atom. The van der Waals surface area contributed by atoms with Gasteiger partial charge < -0.3 is 29.6 Å². The Balaban J connectivity index is 0. The van der Waals surface area contributed by atoms with Gasteiger partial charge in [-0.1, -0.05) is 13.8 Å². The molecule has 0 aliphatic rings. The van der Waals surface area contributed by atoms with E-state index in [9.17, 15) is 0 Å². The summed E-state index contributed by atoms with van der Waals surface area (Å²) in [7, 11) is 0. The molecule has 0 bridgehead atoms. The topological polar surface area (TPSA) is 12.5 Å². The second-order valence-corrected chi connectivity index (χ2v) is 2.83. The molecule has 0 aliphatic heterocycles. The molecule has 0 aromatic rings. The van der Waals surface area contributed by atoms with Gasteiger partial charge in [-0.25, -0.2) is 0 Å². The van der Waals surface area contributed by atoms with E-state index < -0.39 is 0 Å². The summed E-state index contributed by atoms with van der Waals surface area (Å²) in [5.74, 6) is 0. The van der Waals surface area contributed by atoms with Crippen LogP contribution in [0.1, 0.15) is 13.8 Å². The third kappa shape index (κ3) is 8.98. The number of rotatable bonds is 4. The first-order chi connectivity index (χ1) is 4.70. The molecule has 0 rings (SSSR count). The van der Waals surface area contributed by atoms with Crippen LogP contribution in [0, 0.1) is 0 Å². The maximum Gasteiger partial charge on any atom is 1.00 e. The fraction of sp³-hybridized carbons (Fsp3) is 0.833. The van der Waals surface area contributed by atoms with Crippen LogP contribution in [-0.4, -0.2) is 29.1 Å². The smallest absolute Gasteiger partial charge is 0.498 e. The minimum atomic E-state index is 0. The molecular formula is C6H12NNaOS2. The van der Waals surface area contributed by atoms with Gasteiger partial charge in [0.25, 0.3) is 0 Å². The van der Waals surface area contributed by atoms with Gasteiger partial charge in [-0.2, -0.15) is 0 Å². The third-order valence-corrected chi connectivity index (χ3v) is 1.50. The summed E-state index contributed by atoms with van der Waals surface area (Å²) in [6, 6.07) is 0. The quantitative estimate of drug-likeness (QED) is 0.229. The standard InChI is InChI=1S/C6H13NOS2.Na/c1-3-7(4-2)5-8-6(9)10;/h3-5H2,1-2H3,(H,9,10);/q;+1/p-1. The number of nitrogens with zero attached hydrogens (tertiary/aromatic N) is 1. The van der Waals surface area contributed by atoms with Gasteiger partial charge in [0.15, 0.2) is 0 Å². The van der Waals surface area contributed by atoms with E-state index >= 15 is 0 Å². The van der Waals surface area contributed by atoms with Crippen LogP contribution < -0.4 is 29.6 Å². The van der Waals surface area contributed by atoms with Gasteiger partial charge in [-0.3, -0.25) is 4.90 Å². The van der Waals surface area contributed by atoms with Crippen molar-refractivity contribution in [2.75, 3.05) is 19.8 Å². The summed E-state index contributed by atoms with van der Waals surface area (Å²) < 4.78 is 5.16. The molecule has 0 amide bonds. The average Bonchev–Trinajstić information content (AvgIpc) is 1.90. The predicted octanol–water partition coefficient (Wildman–Crippen LogP) is -1.86. The Morgan fingerprint density at radius 2 is 1.91 bits per heavy atom. The van der Waals surface area contributed by atoms with Crippen molar-refractivity contribution in [2.45, 2.75) is 13.8 Å². The SMILES string of the molecule is CCN(CC)COC(=S)[S-].[Na+]. The zero-order valence-electron chi connectivity index (χ0n) is 7.29. The molecule has 0 radical (unpaired) electrons. The second kappa shape index (κ2) is 9.16. The maximum absolute atomic E-state index is 4.96. The molecule has 0 heterocycles. The minimum absolute atomic E-state index is 0. The maximum atomic E-state index is 4.96. The van der Waals surface area contributed by atoms with Crippen LogP contribution in [-0.2, 0) is 17.4 Å². The summed E-state index contributed by atoms with van der Waals surface area (Å²) in [6.07, 6.45) is 0. The van der Waals surface area contributed by atoms with E-state index in [0.717, 1.165) is 13.1 Å². The van der Waals surface area contributed by atoms with Gasteiger partial charge in [0, 0.05) is 4.38 Å². The number of thiocarbonyl (C=S) groups is 1. The van der Waals surface area contributed by atoms with Gasteiger partial charge in [0.2, 0.25) is 0 Å². The molecule has 11 heavy (non-hydrogen) atoms. The minimum Gasteiger partial charge on any atom is -0.498 e. The van der Waals surface area contributed by atoms with E-state index in [-0.39, 0.29) is 33.9 Å². The van der Waals surface area contributed by atoms with Crippen LogP contribution in [0.3, 0.4) is 0 Å². The summed E-state index contributed by atoms with van der Waals surface area (Å²) in [4.78, 5) is 2.10. The number of hydrogen-bond donors (Lipinski definition) is 0. The van der Waals surface area contributed by atoms with Crippen molar-refractivity contribution in [3.63, 3.8) is 0 Å². The van der Waals surface area contributed by atoms with E-state index in [1.165, 1.54) is 0 Å². The molecule has 0 saturated carbocycles. The van der Waals surface area contributed by atoms with Crippen LogP contribution in [0.5, 0.6) is 0 Å². The molecule has 0 saturated heterocycles. The van der Waals surface area contributed by atoms with E-state index in [1.54, 1.807) is 0 Å². The van der Waals surface area contributed by atoms with Crippen molar-refractivity contribution < 1.29 is 34.3 Å². The van der Waals surface area contributed by atoms with Crippen LogP contribution in [0.2, 0.25) is 0 Å². The second-order valence-electron chi connectivity index (χ2n) is 1.83. The molecule has 0 atom stereocenters. The van der Waals surface area contributed by atoms with E-state index in [0.29, 0.717) is 6.73 Å². The Bertz CT molecular complexity index is 109. The molecule has 0 aromatic heterocycles. The van der Waals surface area contributed by atoms with E-state index in [2.05, 4.69) is 43.6 Å². The van der Waals surface area contributed by atoms with Gasteiger partial charge in [0.1, 0.15) is 6.73 Å². The molecule has 0 aromatic carbocycles. The van der Waals surface area contributed by atoms with Crippen LogP contribution in [0.25, 0.3) is 0 Å². The molecule has 0 N–H and O–H groups in total. The van der Waals surface area contributed by atoms with Crippen molar-refractivity contribution >= 4 is 29.2 Å². The monoisotopic (exact) mass is 201 g/mol. The fourth-order valence-corrected chi connectivity index (χ4v) is 0.656. The largest absolute Gasteiger partial charge is 1.00 e. The normalized spacial score (nSPS) is 9.00. The predicted molar refractivity (Wildman–Crippen MR) is 48.8 cm³/mol. The third-order valence-electron chi connectivity index (χ3n) is 1.26. The van der Waals surface area contributed by atoms with Crippen molar-refractivity contribution in [3.05, 3.63) is 0 Å². The van der Waals surface area contributed by atoms with Crippen molar-refractivity contribution in [1.82, 2.24) is 4.90 Å². The molecule has 0 spiro atoms. The average molecular weight is 201 g/mol. The van der Waals surface area contributed by atoms with Gasteiger partial charge in [-0.05, 0) is 13.1 Å². The Kier molecular flexibility index (Phi) is 12.1. The number of ether oxygens (including phenoxy) is 1. The summed E-state index contributed by atoms with van der Waals surface area (Å²) in [5, 5.41) is 0. The number of hydrogen-bond acceptors (Lipinski definition) is 4. The molecule has 5 heteroatoms. The first kappa shape index (κ1) is 14.6. The first-order valence-electron chi connectivity index (χ1n) is 3.26. The van der Waals surface area contributed by atoms with Gasteiger partial charge in [0.05, 0.1) is 0 Å². The van der Waals surface area contributed by atoms with E-state index in [4.69, 9.17) is 4.74 Å². The Hall–Kier alpha value is 1.07. The van der Waals surface area contributed by atoms with Crippen LogP contribution in [0.15, 0.2) is 0 Å². The van der Waals surface area contributed by atoms with Crippen LogP contribution >= 0.6 is 12.2 Å². The molecular weight excluding hydrogens is 189 g/mol. The Labute approximate surface area is 101 Å².